The van der Waals surface area contributed by atoms with Gasteiger partial charge in [-0.25, -0.2) is 13.1 Å². The molecule has 0 radical (unpaired) electrons. The zero-order valence-corrected chi connectivity index (χ0v) is 15.2. The van der Waals surface area contributed by atoms with Crippen molar-refractivity contribution in [3.05, 3.63) is 69.5 Å². The maximum absolute atomic E-state index is 12.5. The lowest BCUT2D eigenvalue weighted by Gasteiger charge is -2.10. The minimum absolute atomic E-state index is 0.183. The summed E-state index contributed by atoms with van der Waals surface area (Å²) in [5.74, 6) is 0. The van der Waals surface area contributed by atoms with Crippen molar-refractivity contribution in [3.8, 4) is 11.3 Å². The van der Waals surface area contributed by atoms with Crippen molar-refractivity contribution in [2.45, 2.75) is 11.4 Å². The van der Waals surface area contributed by atoms with Crippen molar-refractivity contribution >= 4 is 37.3 Å². The molecule has 23 heavy (non-hydrogen) atoms. The minimum Gasteiger partial charge on any atom is -0.256 e. The molecule has 3 rings (SSSR count). The van der Waals surface area contributed by atoms with Crippen molar-refractivity contribution in [1.29, 1.82) is 0 Å². The maximum atomic E-state index is 12.5. The van der Waals surface area contributed by atoms with Crippen LogP contribution in [0.3, 0.4) is 0 Å². The third-order valence-electron chi connectivity index (χ3n) is 3.26. The summed E-state index contributed by atoms with van der Waals surface area (Å²) in [6, 6.07) is 12.4. The zero-order chi connectivity index (χ0) is 16.3. The van der Waals surface area contributed by atoms with Crippen LogP contribution >= 0.6 is 27.3 Å². The Bertz CT molecular complexity index is 909. The Hall–Kier alpha value is -1.54. The number of rotatable bonds is 5. The van der Waals surface area contributed by atoms with Gasteiger partial charge in [0.2, 0.25) is 10.0 Å². The molecular formula is C16H13BrN2O2S2. The number of benzene rings is 1. The summed E-state index contributed by atoms with van der Waals surface area (Å²) in [7, 11) is -3.60. The van der Waals surface area contributed by atoms with Crippen LogP contribution in [0.5, 0.6) is 0 Å². The quantitative estimate of drug-likeness (QED) is 0.692. The lowest BCUT2D eigenvalue weighted by Crippen LogP contribution is -2.24. The molecule has 0 spiro atoms. The smallest absolute Gasteiger partial charge is 0.241 e. The first kappa shape index (κ1) is 16.3. The molecule has 0 fully saturated rings. The second-order valence-electron chi connectivity index (χ2n) is 4.78. The molecule has 4 nitrogen and oxygen atoms in total. The second kappa shape index (κ2) is 6.92. The Morgan fingerprint density at radius 2 is 1.96 bits per heavy atom. The predicted octanol–water partition coefficient (Wildman–Crippen LogP) is 4.05. The van der Waals surface area contributed by atoms with E-state index in [4.69, 9.17) is 0 Å². The van der Waals surface area contributed by atoms with Gasteiger partial charge < -0.3 is 0 Å². The lowest BCUT2D eigenvalue weighted by atomic mass is 10.1. The number of sulfonamides is 1. The van der Waals surface area contributed by atoms with E-state index in [1.165, 1.54) is 0 Å². The molecule has 0 saturated carbocycles. The molecule has 7 heteroatoms. The summed E-state index contributed by atoms with van der Waals surface area (Å²) in [6.45, 7) is 0.183. The van der Waals surface area contributed by atoms with Crippen LogP contribution in [0.4, 0.5) is 0 Å². The van der Waals surface area contributed by atoms with Crippen LogP contribution < -0.4 is 4.72 Å². The third-order valence-corrected chi connectivity index (χ3v) is 6.36. The molecule has 2 heterocycles. The lowest BCUT2D eigenvalue weighted by molar-refractivity contribution is 0.581. The number of hydrogen-bond acceptors (Lipinski definition) is 4. The van der Waals surface area contributed by atoms with Gasteiger partial charge in [0, 0.05) is 28.2 Å². The normalized spacial score (nSPS) is 11.5. The van der Waals surface area contributed by atoms with E-state index in [9.17, 15) is 8.42 Å². The Labute approximate surface area is 147 Å². The van der Waals surface area contributed by atoms with Crippen LogP contribution in [-0.2, 0) is 16.6 Å². The Kier molecular flexibility index (Phi) is 4.91. The van der Waals surface area contributed by atoms with Crippen LogP contribution in [0.25, 0.3) is 11.3 Å². The molecule has 0 amide bonds. The zero-order valence-electron chi connectivity index (χ0n) is 11.9. The number of hydrogen-bond donors (Lipinski definition) is 1. The standard InChI is InChI=1S/C16H13BrN2O2S2/c17-14-5-1-2-6-15(14)23(20,21)19-10-12-4-3-8-18-16(12)13-7-9-22-11-13/h1-9,11,19H,10H2. The molecule has 0 bridgehead atoms. The van der Waals surface area contributed by atoms with Crippen molar-refractivity contribution < 1.29 is 8.42 Å². The summed E-state index contributed by atoms with van der Waals surface area (Å²) in [4.78, 5) is 4.60. The van der Waals surface area contributed by atoms with E-state index in [0.717, 1.165) is 16.8 Å². The molecule has 118 valence electrons. The maximum Gasteiger partial charge on any atom is 0.241 e. The Morgan fingerprint density at radius 3 is 2.70 bits per heavy atom. The average Bonchev–Trinajstić information content (AvgIpc) is 3.08. The number of aromatic nitrogens is 1. The van der Waals surface area contributed by atoms with E-state index in [-0.39, 0.29) is 11.4 Å². The van der Waals surface area contributed by atoms with Crippen LogP contribution in [-0.4, -0.2) is 13.4 Å². The van der Waals surface area contributed by atoms with E-state index in [1.807, 2.05) is 22.9 Å². The molecule has 3 aromatic rings. The number of nitrogens with one attached hydrogen (secondary N) is 1. The van der Waals surface area contributed by atoms with Crippen LogP contribution in [0, 0.1) is 0 Å². The molecule has 0 atom stereocenters. The fourth-order valence-corrected chi connectivity index (χ4v) is 4.80. The van der Waals surface area contributed by atoms with Gasteiger partial charge in [0.25, 0.3) is 0 Å². The first-order valence-electron chi connectivity index (χ1n) is 6.78. The molecule has 1 aromatic carbocycles. The molecule has 0 saturated heterocycles. The van der Waals surface area contributed by atoms with E-state index >= 15 is 0 Å². The largest absolute Gasteiger partial charge is 0.256 e. The fourth-order valence-electron chi connectivity index (χ4n) is 2.15. The fraction of sp³-hybridized carbons (Fsp3) is 0.0625. The van der Waals surface area contributed by atoms with Gasteiger partial charge >= 0.3 is 0 Å². The average molecular weight is 409 g/mol. The molecule has 0 aliphatic carbocycles. The molecule has 2 aromatic heterocycles. The highest BCUT2D eigenvalue weighted by Gasteiger charge is 2.17. The Morgan fingerprint density at radius 1 is 1.13 bits per heavy atom. The predicted molar refractivity (Wildman–Crippen MR) is 95.7 cm³/mol. The second-order valence-corrected chi connectivity index (χ2v) is 8.15. The van der Waals surface area contributed by atoms with Gasteiger partial charge in [0.1, 0.15) is 0 Å². The van der Waals surface area contributed by atoms with Gasteiger partial charge in [-0.1, -0.05) is 18.2 Å². The summed E-state index contributed by atoms with van der Waals surface area (Å²) in [6.07, 6.45) is 1.71. The van der Waals surface area contributed by atoms with E-state index in [2.05, 4.69) is 25.6 Å². The molecule has 0 aliphatic heterocycles. The Balaban J connectivity index is 1.86. The highest BCUT2D eigenvalue weighted by molar-refractivity contribution is 9.10. The number of thiophene rings is 1. The van der Waals surface area contributed by atoms with Crippen LogP contribution in [0.2, 0.25) is 0 Å². The summed E-state index contributed by atoms with van der Waals surface area (Å²) < 4.78 is 28.1. The number of nitrogens with zero attached hydrogens (tertiary/aromatic N) is 1. The molecule has 0 aliphatic rings. The summed E-state index contributed by atoms with van der Waals surface area (Å²) in [5.41, 5.74) is 2.62. The van der Waals surface area contributed by atoms with Gasteiger partial charge in [-0.2, -0.15) is 11.3 Å². The van der Waals surface area contributed by atoms with Crippen molar-refractivity contribution in [2.75, 3.05) is 0 Å². The summed E-state index contributed by atoms with van der Waals surface area (Å²) in [5, 5.41) is 3.97. The SMILES string of the molecule is O=S(=O)(NCc1cccnc1-c1ccsc1)c1ccccc1Br. The minimum atomic E-state index is -3.60. The molecular weight excluding hydrogens is 396 g/mol. The first-order valence-corrected chi connectivity index (χ1v) is 10.0. The summed E-state index contributed by atoms with van der Waals surface area (Å²) >= 11 is 4.85. The van der Waals surface area contributed by atoms with E-state index in [1.54, 1.807) is 47.9 Å². The van der Waals surface area contributed by atoms with Gasteiger partial charge in [0.05, 0.1) is 10.6 Å². The van der Waals surface area contributed by atoms with Crippen molar-refractivity contribution in [1.82, 2.24) is 9.71 Å². The van der Waals surface area contributed by atoms with E-state index in [0.29, 0.717) is 4.47 Å². The first-order chi connectivity index (χ1) is 11.1. The van der Waals surface area contributed by atoms with Crippen LogP contribution in [0.1, 0.15) is 5.56 Å². The van der Waals surface area contributed by atoms with Gasteiger partial charge in [-0.3, -0.25) is 4.98 Å². The topological polar surface area (TPSA) is 59.1 Å². The van der Waals surface area contributed by atoms with Gasteiger partial charge in [-0.15, -0.1) is 0 Å². The highest BCUT2D eigenvalue weighted by Crippen LogP contribution is 2.25. The van der Waals surface area contributed by atoms with Crippen LogP contribution in [0.15, 0.2) is 68.8 Å². The van der Waals surface area contributed by atoms with Gasteiger partial charge in [-0.05, 0) is 51.1 Å². The van der Waals surface area contributed by atoms with Gasteiger partial charge in [0.15, 0.2) is 0 Å². The highest BCUT2D eigenvalue weighted by atomic mass is 79.9. The third kappa shape index (κ3) is 3.69. The van der Waals surface area contributed by atoms with Crippen molar-refractivity contribution in [2.24, 2.45) is 0 Å². The number of halogens is 1. The number of pyridine rings is 1. The van der Waals surface area contributed by atoms with Crippen molar-refractivity contribution in [3.63, 3.8) is 0 Å². The van der Waals surface area contributed by atoms with E-state index < -0.39 is 10.0 Å². The molecule has 0 unspecified atom stereocenters. The molecule has 1 N–H and O–H groups in total. The monoisotopic (exact) mass is 408 g/mol.